The molecular weight excluding hydrogens is 308 g/mol. The maximum Gasteiger partial charge on any atom is 0.272 e. The van der Waals surface area contributed by atoms with Gasteiger partial charge in [0.2, 0.25) is 5.91 Å². The summed E-state index contributed by atoms with van der Waals surface area (Å²) in [7, 11) is 1.79. The van der Waals surface area contributed by atoms with E-state index in [1.54, 1.807) is 24.0 Å². The van der Waals surface area contributed by atoms with Crippen LogP contribution in [0, 0.1) is 17.8 Å². The van der Waals surface area contributed by atoms with Gasteiger partial charge >= 0.3 is 0 Å². The number of carbonyl (C=O) groups excluding carboxylic acids is 2. The number of hydrogen-bond donors (Lipinski definition) is 1. The van der Waals surface area contributed by atoms with Gasteiger partial charge in [-0.05, 0) is 31.2 Å². The largest absolute Gasteiger partial charge is 0.376 e. The number of hydrogen-bond acceptors (Lipinski definition) is 4. The Hall–Kier alpha value is -1.89. The fourth-order valence-electron chi connectivity index (χ4n) is 3.92. The summed E-state index contributed by atoms with van der Waals surface area (Å²) < 4.78 is 7.54. The Morgan fingerprint density at radius 2 is 2.21 bits per heavy atom. The molecule has 7 heteroatoms. The molecule has 2 amide bonds. The molecule has 1 saturated carbocycles. The van der Waals surface area contributed by atoms with Gasteiger partial charge in [0.05, 0.1) is 12.7 Å². The molecule has 1 aliphatic carbocycles. The maximum atomic E-state index is 12.6. The highest BCUT2D eigenvalue weighted by molar-refractivity contribution is 5.92. The highest BCUT2D eigenvalue weighted by atomic mass is 16.5. The van der Waals surface area contributed by atoms with Crippen LogP contribution >= 0.6 is 0 Å². The Morgan fingerprint density at radius 1 is 1.38 bits per heavy atom. The third kappa shape index (κ3) is 2.92. The lowest BCUT2D eigenvalue weighted by Crippen LogP contribution is -2.46. The van der Waals surface area contributed by atoms with Crippen molar-refractivity contribution in [2.45, 2.75) is 25.4 Å². The van der Waals surface area contributed by atoms with E-state index in [0.717, 1.165) is 32.4 Å². The molecule has 3 fully saturated rings. The van der Waals surface area contributed by atoms with Crippen LogP contribution in [0.15, 0.2) is 12.3 Å². The molecule has 1 aromatic rings. The molecule has 2 aliphatic heterocycles. The van der Waals surface area contributed by atoms with Crippen molar-refractivity contribution < 1.29 is 14.3 Å². The van der Waals surface area contributed by atoms with Crippen LogP contribution in [0.3, 0.4) is 0 Å². The number of nitrogens with zero attached hydrogens (tertiary/aromatic N) is 3. The molecule has 0 bridgehead atoms. The van der Waals surface area contributed by atoms with E-state index in [9.17, 15) is 9.59 Å². The second-order valence-electron chi connectivity index (χ2n) is 7.20. The summed E-state index contributed by atoms with van der Waals surface area (Å²) >= 11 is 0. The minimum atomic E-state index is 0.0407. The van der Waals surface area contributed by atoms with Crippen molar-refractivity contribution in [3.8, 4) is 0 Å². The van der Waals surface area contributed by atoms with E-state index >= 15 is 0 Å². The zero-order chi connectivity index (χ0) is 16.7. The minimum absolute atomic E-state index is 0.0407. The monoisotopic (exact) mass is 332 g/mol. The normalized spacial score (nSPS) is 29.4. The number of nitrogens with one attached hydrogen (secondary N) is 1. The zero-order valence-corrected chi connectivity index (χ0v) is 14.0. The number of ether oxygens (including phenoxy) is 1. The molecule has 0 aromatic carbocycles. The van der Waals surface area contributed by atoms with Gasteiger partial charge in [-0.1, -0.05) is 0 Å². The standard InChI is InChI=1S/C17H24N4O3/c1-20-14(4-6-19-20)17(23)21-7-5-13-12(9-21)10-24-15(13)8-18-16(22)11-2-3-11/h4,6,11-13,15H,2-3,5,7-10H2,1H3,(H,18,22)/t12-,13-,15+/m1/s1. The lowest BCUT2D eigenvalue weighted by Gasteiger charge is -2.35. The molecule has 0 spiro atoms. The molecule has 1 aromatic heterocycles. The van der Waals surface area contributed by atoms with Gasteiger partial charge in [0, 0.05) is 44.7 Å². The van der Waals surface area contributed by atoms with Gasteiger partial charge < -0.3 is 15.0 Å². The van der Waals surface area contributed by atoms with Crippen LogP contribution in [0.2, 0.25) is 0 Å². The van der Waals surface area contributed by atoms with Crippen molar-refractivity contribution in [3.63, 3.8) is 0 Å². The number of likely N-dealkylation sites (tertiary alicyclic amines) is 1. The number of piperidine rings is 1. The molecule has 2 saturated heterocycles. The second-order valence-corrected chi connectivity index (χ2v) is 7.20. The van der Waals surface area contributed by atoms with Crippen LogP contribution in [0.4, 0.5) is 0 Å². The van der Waals surface area contributed by atoms with Crippen LogP contribution in [-0.4, -0.2) is 58.8 Å². The average molecular weight is 332 g/mol. The predicted molar refractivity (Wildman–Crippen MR) is 86.2 cm³/mol. The first-order chi connectivity index (χ1) is 11.6. The number of aromatic nitrogens is 2. The van der Waals surface area contributed by atoms with Crippen molar-refractivity contribution in [2.24, 2.45) is 24.8 Å². The van der Waals surface area contributed by atoms with Gasteiger partial charge in [0.15, 0.2) is 0 Å². The molecule has 7 nitrogen and oxygen atoms in total. The Kier molecular flexibility index (Phi) is 4.04. The number of amides is 2. The first-order valence-electron chi connectivity index (χ1n) is 8.80. The van der Waals surface area contributed by atoms with E-state index in [1.807, 2.05) is 4.90 Å². The summed E-state index contributed by atoms with van der Waals surface area (Å²) in [6, 6.07) is 1.76. The van der Waals surface area contributed by atoms with Crippen molar-refractivity contribution in [1.29, 1.82) is 0 Å². The molecule has 0 unspecified atom stereocenters. The van der Waals surface area contributed by atoms with Crippen molar-refractivity contribution in [2.75, 3.05) is 26.2 Å². The van der Waals surface area contributed by atoms with Crippen molar-refractivity contribution >= 4 is 11.8 Å². The predicted octanol–water partition coefficient (Wildman–Crippen LogP) is 0.423. The second kappa shape index (κ2) is 6.20. The minimum Gasteiger partial charge on any atom is -0.376 e. The summed E-state index contributed by atoms with van der Waals surface area (Å²) in [5.74, 6) is 1.24. The van der Waals surface area contributed by atoms with Crippen molar-refractivity contribution in [1.82, 2.24) is 20.0 Å². The number of rotatable bonds is 4. The topological polar surface area (TPSA) is 76.5 Å². The molecular formula is C17H24N4O3. The van der Waals surface area contributed by atoms with Gasteiger partial charge in [-0.3, -0.25) is 14.3 Å². The average Bonchev–Trinajstić information content (AvgIpc) is 3.24. The smallest absolute Gasteiger partial charge is 0.272 e. The molecule has 4 rings (SSSR count). The van der Waals surface area contributed by atoms with Gasteiger partial charge in [-0.15, -0.1) is 0 Å². The van der Waals surface area contributed by atoms with Crippen molar-refractivity contribution in [3.05, 3.63) is 18.0 Å². The van der Waals surface area contributed by atoms with Gasteiger partial charge in [0.1, 0.15) is 5.69 Å². The summed E-state index contributed by atoms with van der Waals surface area (Å²) in [6.45, 7) is 2.74. The Balaban J connectivity index is 1.33. The van der Waals surface area contributed by atoms with E-state index in [4.69, 9.17) is 4.74 Å². The number of carbonyl (C=O) groups is 2. The zero-order valence-electron chi connectivity index (χ0n) is 14.0. The Bertz CT molecular complexity index is 640. The highest BCUT2D eigenvalue weighted by Gasteiger charge is 2.42. The molecule has 130 valence electrons. The number of aryl methyl sites for hydroxylation is 1. The third-order valence-electron chi connectivity index (χ3n) is 5.55. The van der Waals surface area contributed by atoms with Crippen LogP contribution in [0.25, 0.3) is 0 Å². The van der Waals surface area contributed by atoms with E-state index in [2.05, 4.69) is 10.4 Å². The lowest BCUT2D eigenvalue weighted by atomic mass is 9.84. The van der Waals surface area contributed by atoms with Crippen LogP contribution in [-0.2, 0) is 16.6 Å². The summed E-state index contributed by atoms with van der Waals surface area (Å²) in [4.78, 5) is 26.3. The SMILES string of the molecule is Cn1nccc1C(=O)N1CC[C@@H]2[C@@H](CO[C@H]2CNC(=O)C2CC2)C1. The highest BCUT2D eigenvalue weighted by Crippen LogP contribution is 2.35. The van der Waals surface area contributed by atoms with E-state index < -0.39 is 0 Å². The van der Waals surface area contributed by atoms with Gasteiger partial charge in [-0.25, -0.2) is 0 Å². The van der Waals surface area contributed by atoms with Gasteiger partial charge in [0.25, 0.3) is 5.91 Å². The van der Waals surface area contributed by atoms with Crippen LogP contribution < -0.4 is 5.32 Å². The molecule has 3 aliphatic rings. The van der Waals surface area contributed by atoms with Crippen LogP contribution in [0.5, 0.6) is 0 Å². The lowest BCUT2D eigenvalue weighted by molar-refractivity contribution is -0.122. The van der Waals surface area contributed by atoms with Gasteiger partial charge in [-0.2, -0.15) is 5.10 Å². The molecule has 3 atom stereocenters. The maximum absolute atomic E-state index is 12.6. The fraction of sp³-hybridized carbons (Fsp3) is 0.706. The van der Waals surface area contributed by atoms with E-state index in [1.165, 1.54) is 0 Å². The fourth-order valence-corrected chi connectivity index (χ4v) is 3.92. The molecule has 24 heavy (non-hydrogen) atoms. The molecule has 1 N–H and O–H groups in total. The quantitative estimate of drug-likeness (QED) is 0.867. The van der Waals surface area contributed by atoms with E-state index in [0.29, 0.717) is 30.7 Å². The van der Waals surface area contributed by atoms with Crippen LogP contribution in [0.1, 0.15) is 29.8 Å². The molecule has 3 heterocycles. The summed E-state index contributed by atoms with van der Waals surface area (Å²) in [5, 5.41) is 7.10. The first-order valence-corrected chi connectivity index (χ1v) is 8.80. The molecule has 0 radical (unpaired) electrons. The Morgan fingerprint density at radius 3 is 2.92 bits per heavy atom. The third-order valence-corrected chi connectivity index (χ3v) is 5.55. The summed E-state index contributed by atoms with van der Waals surface area (Å²) in [5.41, 5.74) is 0.626. The number of fused-ring (bicyclic) bond motifs is 1. The Labute approximate surface area is 141 Å². The summed E-state index contributed by atoms with van der Waals surface area (Å²) in [6.07, 6.45) is 4.71. The first kappa shape index (κ1) is 15.6. The van der Waals surface area contributed by atoms with E-state index in [-0.39, 0.29) is 23.8 Å².